The molecule has 0 atom stereocenters. The van der Waals surface area contributed by atoms with E-state index in [0.29, 0.717) is 29.8 Å². The van der Waals surface area contributed by atoms with Crippen LogP contribution in [0.15, 0.2) is 24.4 Å². The lowest BCUT2D eigenvalue weighted by Gasteiger charge is -2.12. The van der Waals surface area contributed by atoms with Gasteiger partial charge >= 0.3 is 0 Å². The molecule has 0 saturated carbocycles. The van der Waals surface area contributed by atoms with E-state index in [-0.39, 0.29) is 17.0 Å². The van der Waals surface area contributed by atoms with Gasteiger partial charge in [0.05, 0.1) is 11.4 Å². The third kappa shape index (κ3) is 2.52. The van der Waals surface area contributed by atoms with E-state index in [1.807, 2.05) is 6.07 Å². The van der Waals surface area contributed by atoms with Crippen LogP contribution in [0.25, 0.3) is 11.3 Å². The van der Waals surface area contributed by atoms with Crippen molar-refractivity contribution in [1.29, 1.82) is 0 Å². The molecule has 0 bridgehead atoms. The molecule has 1 N–H and O–H groups in total. The van der Waals surface area contributed by atoms with E-state index in [0.717, 1.165) is 11.1 Å². The molecule has 0 fully saturated rings. The predicted octanol–water partition coefficient (Wildman–Crippen LogP) is 2.88. The summed E-state index contributed by atoms with van der Waals surface area (Å²) in [6, 6.07) is 5.33. The van der Waals surface area contributed by atoms with E-state index in [2.05, 4.69) is 15.3 Å². The first-order chi connectivity index (χ1) is 10.1. The summed E-state index contributed by atoms with van der Waals surface area (Å²) in [6.07, 6.45) is 2.66. The standard InChI is InChI=1S/C15H12ClN3O2/c1-8(20)18-12-4-2-9(10-3-5-13(21)14(10)12)11-6-7-17-15(16)19-11/h2,4,6-7H,3,5H2,1H3,(H,18,20). The minimum atomic E-state index is -0.199. The maximum absolute atomic E-state index is 12.1. The number of carbonyl (C=O) groups is 2. The van der Waals surface area contributed by atoms with E-state index in [9.17, 15) is 9.59 Å². The van der Waals surface area contributed by atoms with Crippen molar-refractivity contribution in [3.8, 4) is 11.3 Å². The van der Waals surface area contributed by atoms with Crippen molar-refractivity contribution < 1.29 is 9.59 Å². The molecule has 21 heavy (non-hydrogen) atoms. The number of fused-ring (bicyclic) bond motifs is 1. The lowest BCUT2D eigenvalue weighted by atomic mass is 9.98. The number of hydrogen-bond acceptors (Lipinski definition) is 4. The van der Waals surface area contributed by atoms with E-state index < -0.39 is 0 Å². The highest BCUT2D eigenvalue weighted by atomic mass is 35.5. The van der Waals surface area contributed by atoms with Gasteiger partial charge in [-0.3, -0.25) is 9.59 Å². The van der Waals surface area contributed by atoms with Gasteiger partial charge in [0.1, 0.15) is 0 Å². The van der Waals surface area contributed by atoms with E-state index in [4.69, 9.17) is 11.6 Å². The SMILES string of the molecule is CC(=O)Nc1ccc(-c2ccnc(Cl)n2)c2c1C(=O)CC2. The van der Waals surface area contributed by atoms with Gasteiger partial charge < -0.3 is 5.32 Å². The predicted molar refractivity (Wildman–Crippen MR) is 79.4 cm³/mol. The molecule has 0 saturated heterocycles. The highest BCUT2D eigenvalue weighted by molar-refractivity contribution is 6.28. The summed E-state index contributed by atoms with van der Waals surface area (Å²) >= 11 is 5.83. The van der Waals surface area contributed by atoms with Crippen LogP contribution in [0.3, 0.4) is 0 Å². The van der Waals surface area contributed by atoms with Gasteiger partial charge in [0, 0.05) is 30.7 Å². The molecular formula is C15H12ClN3O2. The lowest BCUT2D eigenvalue weighted by Crippen LogP contribution is -2.10. The Morgan fingerprint density at radius 1 is 1.29 bits per heavy atom. The Kier molecular flexibility index (Phi) is 3.43. The Labute approximate surface area is 126 Å². The number of hydrogen-bond donors (Lipinski definition) is 1. The molecule has 1 heterocycles. The topological polar surface area (TPSA) is 72.0 Å². The van der Waals surface area contributed by atoms with Gasteiger partial charge in [-0.1, -0.05) is 6.07 Å². The fourth-order valence-corrected chi connectivity index (χ4v) is 2.76. The highest BCUT2D eigenvalue weighted by Crippen LogP contribution is 2.36. The maximum atomic E-state index is 12.1. The van der Waals surface area contributed by atoms with Crippen molar-refractivity contribution in [2.24, 2.45) is 0 Å². The molecule has 1 aromatic heterocycles. The fourth-order valence-electron chi connectivity index (χ4n) is 2.61. The van der Waals surface area contributed by atoms with E-state index >= 15 is 0 Å². The zero-order valence-electron chi connectivity index (χ0n) is 11.3. The molecule has 106 valence electrons. The average Bonchev–Trinajstić information content (AvgIpc) is 2.81. The number of halogens is 1. The number of nitrogens with one attached hydrogen (secondary N) is 1. The Morgan fingerprint density at radius 2 is 2.10 bits per heavy atom. The van der Waals surface area contributed by atoms with Crippen molar-refractivity contribution in [1.82, 2.24) is 9.97 Å². The van der Waals surface area contributed by atoms with Gasteiger partial charge in [-0.25, -0.2) is 9.97 Å². The van der Waals surface area contributed by atoms with Crippen molar-refractivity contribution in [3.63, 3.8) is 0 Å². The summed E-state index contributed by atoms with van der Waals surface area (Å²) in [5, 5.41) is 2.87. The number of nitrogens with zero attached hydrogens (tertiary/aromatic N) is 2. The molecule has 2 aromatic rings. The van der Waals surface area contributed by atoms with Gasteiger partial charge in [-0.15, -0.1) is 0 Å². The number of rotatable bonds is 2. The Morgan fingerprint density at radius 3 is 2.81 bits per heavy atom. The molecule has 0 radical (unpaired) electrons. The average molecular weight is 302 g/mol. The summed E-state index contributed by atoms with van der Waals surface area (Å²) < 4.78 is 0. The Hall–Kier alpha value is -2.27. The van der Waals surface area contributed by atoms with Gasteiger partial charge in [0.2, 0.25) is 11.2 Å². The van der Waals surface area contributed by atoms with Crippen LogP contribution in [0.4, 0.5) is 5.69 Å². The Bertz CT molecular complexity index is 759. The largest absolute Gasteiger partial charge is 0.326 e. The molecule has 6 heteroatoms. The molecule has 1 amide bonds. The van der Waals surface area contributed by atoms with Crippen molar-refractivity contribution in [2.45, 2.75) is 19.8 Å². The molecule has 1 aromatic carbocycles. The first kappa shape index (κ1) is 13.7. The monoisotopic (exact) mass is 301 g/mol. The smallest absolute Gasteiger partial charge is 0.222 e. The number of carbonyl (C=O) groups excluding carboxylic acids is 2. The summed E-state index contributed by atoms with van der Waals surface area (Å²) in [6.45, 7) is 1.42. The molecule has 0 spiro atoms. The number of benzene rings is 1. The first-order valence-electron chi connectivity index (χ1n) is 6.52. The van der Waals surface area contributed by atoms with E-state index in [1.165, 1.54) is 6.92 Å². The number of Topliss-reactive ketones (excluding diaryl/α,β-unsaturated/α-hetero) is 1. The third-order valence-corrected chi connectivity index (χ3v) is 3.59. The molecule has 5 nitrogen and oxygen atoms in total. The minimum Gasteiger partial charge on any atom is -0.326 e. The zero-order chi connectivity index (χ0) is 15.0. The van der Waals surface area contributed by atoms with Gasteiger partial charge in [-0.2, -0.15) is 0 Å². The van der Waals surface area contributed by atoms with E-state index in [1.54, 1.807) is 18.3 Å². The molecule has 1 aliphatic carbocycles. The second-order valence-electron chi connectivity index (χ2n) is 4.83. The highest BCUT2D eigenvalue weighted by Gasteiger charge is 2.27. The van der Waals surface area contributed by atoms with Gasteiger partial charge in [0.15, 0.2) is 5.78 Å². The summed E-state index contributed by atoms with van der Waals surface area (Å²) in [4.78, 5) is 31.4. The van der Waals surface area contributed by atoms with Gasteiger partial charge in [-0.05, 0) is 35.7 Å². The van der Waals surface area contributed by atoms with Gasteiger partial charge in [0.25, 0.3) is 0 Å². The number of ketones is 1. The van der Waals surface area contributed by atoms with Crippen LogP contribution in [0.5, 0.6) is 0 Å². The van der Waals surface area contributed by atoms with Crippen LogP contribution in [0.1, 0.15) is 29.3 Å². The molecule has 3 rings (SSSR count). The zero-order valence-corrected chi connectivity index (χ0v) is 12.1. The van der Waals surface area contributed by atoms with Crippen LogP contribution in [-0.4, -0.2) is 21.7 Å². The molecule has 0 aliphatic heterocycles. The van der Waals surface area contributed by atoms with Crippen LogP contribution in [0, 0.1) is 0 Å². The second-order valence-corrected chi connectivity index (χ2v) is 5.17. The molecule has 0 unspecified atom stereocenters. The number of anilines is 1. The normalized spacial score (nSPS) is 13.1. The number of amides is 1. The minimum absolute atomic E-state index is 0.0377. The molecular weight excluding hydrogens is 290 g/mol. The van der Waals surface area contributed by atoms with Crippen molar-refractivity contribution >= 4 is 29.0 Å². The van der Waals surface area contributed by atoms with Crippen LogP contribution < -0.4 is 5.32 Å². The maximum Gasteiger partial charge on any atom is 0.222 e. The summed E-state index contributed by atoms with van der Waals surface area (Å²) in [5.74, 6) is -0.162. The third-order valence-electron chi connectivity index (χ3n) is 3.41. The quantitative estimate of drug-likeness (QED) is 0.866. The second kappa shape index (κ2) is 5.26. The number of aromatic nitrogens is 2. The van der Waals surface area contributed by atoms with Crippen LogP contribution in [-0.2, 0) is 11.2 Å². The summed E-state index contributed by atoms with van der Waals surface area (Å²) in [7, 11) is 0. The van der Waals surface area contributed by atoms with Crippen LogP contribution in [0.2, 0.25) is 5.28 Å². The lowest BCUT2D eigenvalue weighted by molar-refractivity contribution is -0.114. The van der Waals surface area contributed by atoms with Crippen LogP contribution >= 0.6 is 11.6 Å². The fraction of sp³-hybridized carbons (Fsp3) is 0.200. The Balaban J connectivity index is 2.17. The first-order valence-corrected chi connectivity index (χ1v) is 6.89. The summed E-state index contributed by atoms with van der Waals surface area (Å²) in [5.41, 5.74) is 3.58. The van der Waals surface area contributed by atoms with Crippen molar-refractivity contribution in [3.05, 3.63) is 40.8 Å². The van der Waals surface area contributed by atoms with Crippen molar-refractivity contribution in [2.75, 3.05) is 5.32 Å². The molecule has 1 aliphatic rings.